The van der Waals surface area contributed by atoms with Crippen molar-refractivity contribution in [3.8, 4) is 5.75 Å². The molecule has 0 amide bonds. The van der Waals surface area contributed by atoms with Crippen LogP contribution in [0.4, 0.5) is 0 Å². The van der Waals surface area contributed by atoms with Crippen LogP contribution in [0.2, 0.25) is 5.02 Å². The van der Waals surface area contributed by atoms with Crippen molar-refractivity contribution in [1.29, 1.82) is 0 Å². The number of hydrogen-bond acceptors (Lipinski definition) is 4. The second kappa shape index (κ2) is 5.85. The molecule has 3 rings (SSSR count). The van der Waals surface area contributed by atoms with Gasteiger partial charge in [-0.3, -0.25) is 0 Å². The predicted molar refractivity (Wildman–Crippen MR) is 77.0 cm³/mol. The van der Waals surface area contributed by atoms with Gasteiger partial charge in [0.1, 0.15) is 12.0 Å². The van der Waals surface area contributed by atoms with Crippen LogP contribution in [0.5, 0.6) is 5.75 Å². The molecular weight excluding hydrogens is 276 g/mol. The molecule has 0 radical (unpaired) electrons. The fraction of sp³-hybridized carbons (Fsp3) is 0.400. The van der Waals surface area contributed by atoms with Crippen LogP contribution >= 0.6 is 11.6 Å². The minimum Gasteiger partial charge on any atom is -0.479 e. The molecule has 0 bridgehead atoms. The molecule has 0 aliphatic carbocycles. The number of halogens is 1. The quantitative estimate of drug-likeness (QED) is 0.938. The largest absolute Gasteiger partial charge is 0.479 e. The van der Waals surface area contributed by atoms with Gasteiger partial charge < -0.3 is 14.5 Å². The highest BCUT2D eigenvalue weighted by atomic mass is 35.5. The number of nitrogens with one attached hydrogen (secondary N) is 1. The van der Waals surface area contributed by atoms with Crippen molar-refractivity contribution in [3.05, 3.63) is 47.1 Å². The fourth-order valence-electron chi connectivity index (χ4n) is 2.50. The molecule has 2 aromatic rings. The van der Waals surface area contributed by atoms with Gasteiger partial charge in [0.15, 0.2) is 6.10 Å². The van der Waals surface area contributed by atoms with Gasteiger partial charge in [-0.05, 0) is 37.6 Å². The van der Waals surface area contributed by atoms with Crippen molar-refractivity contribution < 1.29 is 9.15 Å². The van der Waals surface area contributed by atoms with E-state index < -0.39 is 0 Å². The molecule has 1 aliphatic heterocycles. The number of oxazole rings is 1. The van der Waals surface area contributed by atoms with Gasteiger partial charge in [0, 0.05) is 12.5 Å². The van der Waals surface area contributed by atoms with Gasteiger partial charge in [-0.15, -0.1) is 0 Å². The van der Waals surface area contributed by atoms with Crippen LogP contribution in [-0.4, -0.2) is 18.1 Å². The highest BCUT2D eigenvalue weighted by Gasteiger charge is 2.31. The lowest BCUT2D eigenvalue weighted by Gasteiger charge is -2.22. The van der Waals surface area contributed by atoms with Crippen LogP contribution in [0.15, 0.2) is 35.1 Å². The molecule has 0 spiro atoms. The number of benzene rings is 1. The molecule has 4 nitrogen and oxygen atoms in total. The van der Waals surface area contributed by atoms with E-state index in [1.807, 2.05) is 25.1 Å². The maximum atomic E-state index is 6.25. The molecule has 2 heterocycles. The maximum Gasteiger partial charge on any atom is 0.235 e. The molecule has 1 N–H and O–H groups in total. The minimum atomic E-state index is -0.208. The molecule has 0 saturated carbocycles. The van der Waals surface area contributed by atoms with Crippen LogP contribution in [0.1, 0.15) is 24.0 Å². The Hall–Kier alpha value is -1.52. The first kappa shape index (κ1) is 13.5. The van der Waals surface area contributed by atoms with Crippen LogP contribution in [-0.2, 0) is 0 Å². The van der Waals surface area contributed by atoms with Crippen molar-refractivity contribution in [2.45, 2.75) is 19.4 Å². The second-order valence-corrected chi connectivity index (χ2v) is 5.50. The summed E-state index contributed by atoms with van der Waals surface area (Å²) in [6.07, 6.45) is 4.05. The number of rotatable bonds is 4. The third-order valence-electron chi connectivity index (χ3n) is 3.56. The Labute approximate surface area is 123 Å². The van der Waals surface area contributed by atoms with Crippen molar-refractivity contribution in [1.82, 2.24) is 10.3 Å². The lowest BCUT2D eigenvalue weighted by atomic mass is 10.0. The Balaban J connectivity index is 1.86. The summed E-state index contributed by atoms with van der Waals surface area (Å²) in [5, 5.41) is 3.96. The topological polar surface area (TPSA) is 47.3 Å². The third-order valence-corrected chi connectivity index (χ3v) is 3.86. The zero-order valence-electron chi connectivity index (χ0n) is 11.3. The summed E-state index contributed by atoms with van der Waals surface area (Å²) in [7, 11) is 0. The first-order valence-electron chi connectivity index (χ1n) is 6.77. The van der Waals surface area contributed by atoms with Crippen LogP contribution in [0, 0.1) is 12.8 Å². The second-order valence-electron chi connectivity index (χ2n) is 5.10. The normalized spacial score (nSPS) is 20.0. The van der Waals surface area contributed by atoms with Crippen molar-refractivity contribution in [2.75, 3.05) is 13.1 Å². The van der Waals surface area contributed by atoms with Crippen molar-refractivity contribution >= 4 is 11.6 Å². The summed E-state index contributed by atoms with van der Waals surface area (Å²) in [5.41, 5.74) is 1.11. The first-order chi connectivity index (χ1) is 9.74. The smallest absolute Gasteiger partial charge is 0.235 e. The van der Waals surface area contributed by atoms with Crippen molar-refractivity contribution in [2.24, 2.45) is 5.92 Å². The average molecular weight is 293 g/mol. The van der Waals surface area contributed by atoms with Crippen LogP contribution in [0.25, 0.3) is 0 Å². The molecule has 1 fully saturated rings. The Bertz CT molecular complexity index is 565. The predicted octanol–water partition coefficient (Wildman–Crippen LogP) is 3.37. The van der Waals surface area contributed by atoms with Crippen LogP contribution < -0.4 is 10.1 Å². The summed E-state index contributed by atoms with van der Waals surface area (Å²) in [4.78, 5) is 4.24. The van der Waals surface area contributed by atoms with E-state index in [9.17, 15) is 0 Å². The van der Waals surface area contributed by atoms with Gasteiger partial charge in [-0.1, -0.05) is 17.7 Å². The van der Waals surface area contributed by atoms with E-state index in [4.69, 9.17) is 20.8 Å². The van der Waals surface area contributed by atoms with Crippen LogP contribution in [0.3, 0.4) is 0 Å². The maximum absolute atomic E-state index is 6.25. The summed E-state index contributed by atoms with van der Waals surface area (Å²) in [6, 6.07) is 5.78. The molecule has 106 valence electrons. The van der Waals surface area contributed by atoms with E-state index in [1.165, 1.54) is 0 Å². The molecule has 1 aromatic carbocycles. The van der Waals surface area contributed by atoms with E-state index in [-0.39, 0.29) is 6.10 Å². The zero-order valence-corrected chi connectivity index (χ0v) is 12.1. The molecule has 1 aromatic heterocycles. The van der Waals surface area contributed by atoms with Gasteiger partial charge >= 0.3 is 0 Å². The van der Waals surface area contributed by atoms with Gasteiger partial charge in [-0.25, -0.2) is 4.98 Å². The van der Waals surface area contributed by atoms with Gasteiger partial charge in [0.2, 0.25) is 5.89 Å². The average Bonchev–Trinajstić information content (AvgIpc) is 3.11. The van der Waals surface area contributed by atoms with E-state index in [1.54, 1.807) is 12.5 Å². The fourth-order valence-corrected chi connectivity index (χ4v) is 2.78. The summed E-state index contributed by atoms with van der Waals surface area (Å²) in [6.45, 7) is 3.89. The molecule has 1 saturated heterocycles. The Morgan fingerprint density at radius 2 is 2.40 bits per heavy atom. The lowest BCUT2D eigenvalue weighted by molar-refractivity contribution is 0.114. The Kier molecular flexibility index (Phi) is 3.94. The molecule has 1 aliphatic rings. The van der Waals surface area contributed by atoms with E-state index in [0.717, 1.165) is 25.1 Å². The number of nitrogens with zero attached hydrogens (tertiary/aromatic N) is 1. The zero-order chi connectivity index (χ0) is 13.9. The number of aromatic nitrogens is 1. The molecule has 0 unspecified atom stereocenters. The van der Waals surface area contributed by atoms with Gasteiger partial charge in [-0.2, -0.15) is 0 Å². The Morgan fingerprint density at radius 3 is 3.05 bits per heavy atom. The monoisotopic (exact) mass is 292 g/mol. The summed E-state index contributed by atoms with van der Waals surface area (Å²) in [5.74, 6) is 1.62. The molecule has 2 atom stereocenters. The summed E-state index contributed by atoms with van der Waals surface area (Å²) >= 11 is 6.25. The highest BCUT2D eigenvalue weighted by molar-refractivity contribution is 6.32. The summed E-state index contributed by atoms with van der Waals surface area (Å²) < 4.78 is 11.5. The highest BCUT2D eigenvalue weighted by Crippen LogP contribution is 2.34. The number of aryl methyl sites for hydroxylation is 1. The number of hydrogen-bond donors (Lipinski definition) is 1. The van der Waals surface area contributed by atoms with E-state index >= 15 is 0 Å². The lowest BCUT2D eigenvalue weighted by Crippen LogP contribution is -2.21. The molecule has 5 heteroatoms. The molecular formula is C15H17ClN2O2. The third kappa shape index (κ3) is 2.81. The van der Waals surface area contributed by atoms with E-state index in [0.29, 0.717) is 22.6 Å². The SMILES string of the molecule is Cc1ccc(O[C@H](c2ncco2)[C@@H]2CCNC2)c(Cl)c1. The van der Waals surface area contributed by atoms with Gasteiger partial charge in [0.25, 0.3) is 0 Å². The first-order valence-corrected chi connectivity index (χ1v) is 7.15. The minimum absolute atomic E-state index is 0.208. The van der Waals surface area contributed by atoms with E-state index in [2.05, 4.69) is 10.3 Å². The number of ether oxygens (including phenoxy) is 1. The molecule has 20 heavy (non-hydrogen) atoms. The standard InChI is InChI=1S/C15H17ClN2O2/c1-10-2-3-13(12(16)8-10)20-14(11-4-5-17-9-11)15-18-6-7-19-15/h2-3,6-8,11,14,17H,4-5,9H2,1H3/t11-,14+/m1/s1. The Morgan fingerprint density at radius 1 is 1.50 bits per heavy atom. The van der Waals surface area contributed by atoms with Crippen molar-refractivity contribution in [3.63, 3.8) is 0 Å². The van der Waals surface area contributed by atoms with Gasteiger partial charge in [0.05, 0.1) is 11.2 Å².